The van der Waals surface area contributed by atoms with Crippen molar-refractivity contribution in [2.24, 2.45) is 5.92 Å². The molecule has 26 heavy (non-hydrogen) atoms. The van der Waals surface area contributed by atoms with Gasteiger partial charge in [0.25, 0.3) is 5.91 Å². The Labute approximate surface area is 153 Å². The first-order valence-electron chi connectivity index (χ1n) is 9.33. The number of hydrogen-bond acceptors (Lipinski definition) is 6. The number of aryl methyl sites for hydroxylation is 1. The van der Waals surface area contributed by atoms with E-state index in [2.05, 4.69) is 25.5 Å². The summed E-state index contributed by atoms with van der Waals surface area (Å²) in [4.78, 5) is 23.4. The first-order valence-corrected chi connectivity index (χ1v) is 9.33. The Kier molecular flexibility index (Phi) is 4.88. The number of rotatable bonds is 5. The average molecular weight is 355 g/mol. The van der Waals surface area contributed by atoms with Crippen LogP contribution >= 0.6 is 0 Å². The van der Waals surface area contributed by atoms with Crippen LogP contribution in [-0.2, 0) is 13.0 Å². The number of carbonyl (C=O) groups excluding carboxylic acids is 1. The van der Waals surface area contributed by atoms with Crippen LogP contribution in [-0.4, -0.2) is 47.0 Å². The van der Waals surface area contributed by atoms with Crippen molar-refractivity contribution < 1.29 is 9.21 Å². The molecule has 0 bridgehead atoms. The quantitative estimate of drug-likeness (QED) is 0.853. The zero-order valence-electron chi connectivity index (χ0n) is 15.1. The summed E-state index contributed by atoms with van der Waals surface area (Å²) < 4.78 is 5.47. The number of piperidine rings is 1. The molecule has 1 amide bonds. The van der Waals surface area contributed by atoms with Crippen LogP contribution in [0.2, 0.25) is 0 Å². The maximum absolute atomic E-state index is 12.0. The van der Waals surface area contributed by atoms with Crippen LogP contribution in [0.5, 0.6) is 0 Å². The molecule has 0 aromatic carbocycles. The standard InChI is InChI=1S/C19H25N5O2/c1-13-22-17-16(6-7-20-19(17)25)18(23-13)21-10-14-4-2-8-24(11-14)12-15-5-3-9-26-15/h3,5,9,14H,2,4,6-8,10-12H2,1H3,(H,20,25)(H,21,22,23). The van der Waals surface area contributed by atoms with Crippen molar-refractivity contribution in [2.45, 2.75) is 32.7 Å². The monoisotopic (exact) mass is 355 g/mol. The van der Waals surface area contributed by atoms with E-state index in [0.29, 0.717) is 24.0 Å². The van der Waals surface area contributed by atoms with Crippen LogP contribution in [0.1, 0.15) is 40.5 Å². The SMILES string of the molecule is Cc1nc(NCC2CCCN(Cc3ccco3)C2)c2c(n1)C(=O)NCC2. The number of fused-ring (bicyclic) bond motifs is 1. The van der Waals surface area contributed by atoms with Gasteiger partial charge in [0.2, 0.25) is 0 Å². The van der Waals surface area contributed by atoms with Gasteiger partial charge in [0.05, 0.1) is 12.8 Å². The minimum atomic E-state index is -0.0953. The molecule has 2 N–H and O–H groups in total. The minimum absolute atomic E-state index is 0.0953. The average Bonchev–Trinajstić information content (AvgIpc) is 3.14. The summed E-state index contributed by atoms with van der Waals surface area (Å²) in [7, 11) is 0. The summed E-state index contributed by atoms with van der Waals surface area (Å²) in [6, 6.07) is 3.97. The highest BCUT2D eigenvalue weighted by atomic mass is 16.3. The normalized spacial score (nSPS) is 20.5. The lowest BCUT2D eigenvalue weighted by Crippen LogP contribution is -2.38. The lowest BCUT2D eigenvalue weighted by atomic mass is 9.97. The van der Waals surface area contributed by atoms with Crippen LogP contribution < -0.4 is 10.6 Å². The lowest BCUT2D eigenvalue weighted by Gasteiger charge is -2.32. The van der Waals surface area contributed by atoms with Gasteiger partial charge in [0.15, 0.2) is 0 Å². The van der Waals surface area contributed by atoms with Gasteiger partial charge in [-0.3, -0.25) is 9.69 Å². The van der Waals surface area contributed by atoms with Crippen LogP contribution in [0.25, 0.3) is 0 Å². The van der Waals surface area contributed by atoms with E-state index in [0.717, 1.165) is 49.7 Å². The van der Waals surface area contributed by atoms with Crippen molar-refractivity contribution in [1.29, 1.82) is 0 Å². The number of furan rings is 1. The van der Waals surface area contributed by atoms with Gasteiger partial charge >= 0.3 is 0 Å². The van der Waals surface area contributed by atoms with Crippen LogP contribution in [0, 0.1) is 12.8 Å². The molecule has 0 saturated carbocycles. The molecule has 4 heterocycles. The van der Waals surface area contributed by atoms with E-state index in [1.165, 1.54) is 12.8 Å². The van der Waals surface area contributed by atoms with Crippen LogP contribution in [0.3, 0.4) is 0 Å². The largest absolute Gasteiger partial charge is 0.468 e. The van der Waals surface area contributed by atoms with Crippen LogP contribution in [0.4, 0.5) is 5.82 Å². The molecular weight excluding hydrogens is 330 g/mol. The molecule has 7 nitrogen and oxygen atoms in total. The van der Waals surface area contributed by atoms with E-state index in [1.807, 2.05) is 19.1 Å². The molecule has 2 aromatic rings. The van der Waals surface area contributed by atoms with E-state index in [-0.39, 0.29) is 5.91 Å². The van der Waals surface area contributed by atoms with Gasteiger partial charge in [-0.15, -0.1) is 0 Å². The predicted molar refractivity (Wildman–Crippen MR) is 98.0 cm³/mol. The molecule has 1 atom stereocenters. The van der Waals surface area contributed by atoms with Gasteiger partial charge in [0.1, 0.15) is 23.1 Å². The minimum Gasteiger partial charge on any atom is -0.468 e. The Bertz CT molecular complexity index is 774. The zero-order chi connectivity index (χ0) is 17.9. The second-order valence-electron chi connectivity index (χ2n) is 7.16. The maximum Gasteiger partial charge on any atom is 0.270 e. The number of nitrogens with one attached hydrogen (secondary N) is 2. The number of anilines is 1. The second kappa shape index (κ2) is 7.45. The third kappa shape index (κ3) is 3.72. The maximum atomic E-state index is 12.0. The Morgan fingerprint density at radius 1 is 1.42 bits per heavy atom. The molecule has 1 saturated heterocycles. The zero-order valence-corrected chi connectivity index (χ0v) is 15.1. The van der Waals surface area contributed by atoms with Gasteiger partial charge in [-0.25, -0.2) is 9.97 Å². The Morgan fingerprint density at radius 3 is 3.19 bits per heavy atom. The summed E-state index contributed by atoms with van der Waals surface area (Å²) in [6.07, 6.45) is 4.90. The molecule has 2 aliphatic rings. The fraction of sp³-hybridized carbons (Fsp3) is 0.526. The topological polar surface area (TPSA) is 83.3 Å². The third-order valence-corrected chi connectivity index (χ3v) is 5.12. The van der Waals surface area contributed by atoms with E-state index < -0.39 is 0 Å². The molecule has 0 radical (unpaired) electrons. The number of likely N-dealkylation sites (tertiary alicyclic amines) is 1. The van der Waals surface area contributed by atoms with Crippen molar-refractivity contribution in [3.8, 4) is 0 Å². The number of carbonyl (C=O) groups is 1. The summed E-state index contributed by atoms with van der Waals surface area (Å²) in [5.74, 6) is 2.94. The van der Waals surface area contributed by atoms with Crippen molar-refractivity contribution >= 4 is 11.7 Å². The summed E-state index contributed by atoms with van der Waals surface area (Å²) >= 11 is 0. The molecule has 2 aliphatic heterocycles. The van der Waals surface area contributed by atoms with Gasteiger partial charge in [-0.05, 0) is 50.8 Å². The fourth-order valence-electron chi connectivity index (χ4n) is 3.88. The molecule has 0 spiro atoms. The van der Waals surface area contributed by atoms with Crippen molar-refractivity contribution in [2.75, 3.05) is 31.5 Å². The highest BCUT2D eigenvalue weighted by Gasteiger charge is 2.24. The Balaban J connectivity index is 1.40. The van der Waals surface area contributed by atoms with Crippen molar-refractivity contribution in [3.63, 3.8) is 0 Å². The summed E-state index contributed by atoms with van der Waals surface area (Å²) in [5, 5.41) is 6.35. The smallest absolute Gasteiger partial charge is 0.270 e. The number of hydrogen-bond donors (Lipinski definition) is 2. The second-order valence-corrected chi connectivity index (χ2v) is 7.16. The first kappa shape index (κ1) is 17.0. The first-order chi connectivity index (χ1) is 12.7. The van der Waals surface area contributed by atoms with E-state index >= 15 is 0 Å². The summed E-state index contributed by atoms with van der Waals surface area (Å²) in [5.41, 5.74) is 1.47. The molecule has 1 fully saturated rings. The van der Waals surface area contributed by atoms with Gasteiger partial charge in [0, 0.05) is 25.2 Å². The Hall–Kier alpha value is -2.41. The highest BCUT2D eigenvalue weighted by Crippen LogP contribution is 2.23. The predicted octanol–water partition coefficient (Wildman–Crippen LogP) is 1.99. The highest BCUT2D eigenvalue weighted by molar-refractivity contribution is 5.95. The molecule has 1 unspecified atom stereocenters. The molecule has 2 aromatic heterocycles. The summed E-state index contributed by atoms with van der Waals surface area (Å²) in [6.45, 7) is 6.36. The van der Waals surface area contributed by atoms with E-state index in [1.54, 1.807) is 6.26 Å². The van der Waals surface area contributed by atoms with Gasteiger partial charge in [-0.1, -0.05) is 0 Å². The van der Waals surface area contributed by atoms with Crippen molar-refractivity contribution in [1.82, 2.24) is 20.2 Å². The van der Waals surface area contributed by atoms with Gasteiger partial charge < -0.3 is 15.1 Å². The van der Waals surface area contributed by atoms with Gasteiger partial charge in [-0.2, -0.15) is 0 Å². The molecule has 7 heteroatoms. The van der Waals surface area contributed by atoms with Crippen molar-refractivity contribution in [3.05, 3.63) is 41.2 Å². The lowest BCUT2D eigenvalue weighted by molar-refractivity contribution is 0.0940. The molecule has 0 aliphatic carbocycles. The fourth-order valence-corrected chi connectivity index (χ4v) is 3.88. The number of aromatic nitrogens is 2. The Morgan fingerprint density at radius 2 is 2.35 bits per heavy atom. The van der Waals surface area contributed by atoms with E-state index in [9.17, 15) is 4.79 Å². The number of amides is 1. The molecule has 4 rings (SSSR count). The molecule has 138 valence electrons. The molecular formula is C19H25N5O2. The third-order valence-electron chi connectivity index (χ3n) is 5.12. The van der Waals surface area contributed by atoms with Crippen LogP contribution in [0.15, 0.2) is 22.8 Å². The van der Waals surface area contributed by atoms with E-state index in [4.69, 9.17) is 4.42 Å². The number of nitrogens with zero attached hydrogens (tertiary/aromatic N) is 3.